The first-order valence-corrected chi connectivity index (χ1v) is 4.23. The summed E-state index contributed by atoms with van der Waals surface area (Å²) < 4.78 is 0. The molecule has 14 heavy (non-hydrogen) atoms. The average Bonchev–Trinajstić information content (AvgIpc) is 2.21. The second kappa shape index (κ2) is 3.41. The van der Waals surface area contributed by atoms with Gasteiger partial charge in [-0.25, -0.2) is 4.99 Å². The molecule has 2 N–H and O–H groups in total. The molecule has 0 bridgehead atoms. The lowest BCUT2D eigenvalue weighted by Gasteiger charge is -2.04. The van der Waals surface area contributed by atoms with E-state index in [9.17, 15) is 4.79 Å². The molecule has 1 aliphatic heterocycles. The number of carbonyl (C=O) groups is 1. The van der Waals surface area contributed by atoms with Crippen molar-refractivity contribution in [3.63, 3.8) is 0 Å². The van der Waals surface area contributed by atoms with Crippen molar-refractivity contribution >= 4 is 23.5 Å². The van der Waals surface area contributed by atoms with E-state index >= 15 is 0 Å². The van der Waals surface area contributed by atoms with E-state index in [-0.39, 0.29) is 12.5 Å². The van der Waals surface area contributed by atoms with Gasteiger partial charge >= 0.3 is 0 Å². The van der Waals surface area contributed by atoms with Crippen LogP contribution < -0.4 is 5.73 Å². The monoisotopic (exact) mass is 187 g/mol. The molecule has 4 heteroatoms. The first-order valence-electron chi connectivity index (χ1n) is 4.23. The third-order valence-corrected chi connectivity index (χ3v) is 1.92. The van der Waals surface area contributed by atoms with Crippen molar-refractivity contribution in [2.24, 2.45) is 9.98 Å². The molecule has 0 saturated carbocycles. The van der Waals surface area contributed by atoms with Gasteiger partial charge in [0.2, 0.25) is 0 Å². The molecule has 1 aromatic rings. The third-order valence-electron chi connectivity index (χ3n) is 1.92. The summed E-state index contributed by atoms with van der Waals surface area (Å²) in [6, 6.07) is 7.30. The highest BCUT2D eigenvalue weighted by Crippen LogP contribution is 2.07. The molecule has 0 spiro atoms. The van der Waals surface area contributed by atoms with Crippen LogP contribution in [-0.2, 0) is 4.79 Å². The number of benzene rings is 1. The van der Waals surface area contributed by atoms with E-state index < -0.39 is 0 Å². The molecule has 1 heterocycles. The number of aliphatic imine (C=N–C) groups is 2. The van der Waals surface area contributed by atoms with E-state index in [0.717, 1.165) is 11.3 Å². The Bertz CT molecular complexity index is 417. The molecule has 1 amide bonds. The van der Waals surface area contributed by atoms with Gasteiger partial charge in [-0.1, -0.05) is 12.1 Å². The number of anilines is 1. The molecule has 1 aliphatic rings. The van der Waals surface area contributed by atoms with Gasteiger partial charge < -0.3 is 5.73 Å². The average molecular weight is 187 g/mol. The molecule has 0 atom stereocenters. The maximum Gasteiger partial charge on any atom is 0.267 e. The first-order chi connectivity index (χ1) is 6.75. The van der Waals surface area contributed by atoms with Gasteiger partial charge in [0.05, 0.1) is 11.9 Å². The van der Waals surface area contributed by atoms with Gasteiger partial charge in [-0.2, -0.15) is 0 Å². The summed E-state index contributed by atoms with van der Waals surface area (Å²) in [4.78, 5) is 18.5. The summed E-state index contributed by atoms with van der Waals surface area (Å²) in [5, 5.41) is 0. The molecular weight excluding hydrogens is 178 g/mol. The minimum absolute atomic E-state index is 0.135. The highest BCUT2D eigenvalue weighted by Gasteiger charge is 2.07. The fraction of sp³-hybridized carbons (Fsp3) is 0.100. The van der Waals surface area contributed by atoms with Crippen molar-refractivity contribution in [3.05, 3.63) is 29.8 Å². The van der Waals surface area contributed by atoms with Gasteiger partial charge in [0.15, 0.2) is 0 Å². The molecule has 0 aromatic heterocycles. The fourth-order valence-electron chi connectivity index (χ4n) is 1.19. The van der Waals surface area contributed by atoms with Gasteiger partial charge in [0.25, 0.3) is 5.91 Å². The Hall–Kier alpha value is -1.97. The quantitative estimate of drug-likeness (QED) is 0.656. The fourth-order valence-corrected chi connectivity index (χ4v) is 1.19. The van der Waals surface area contributed by atoms with Gasteiger partial charge in [-0.05, 0) is 12.1 Å². The summed E-state index contributed by atoms with van der Waals surface area (Å²) in [5.41, 5.74) is 7.91. The molecular formula is C10H9N3O. The van der Waals surface area contributed by atoms with Crippen LogP contribution in [0.5, 0.6) is 0 Å². The molecule has 1 aromatic carbocycles. The summed E-state index contributed by atoms with van der Waals surface area (Å²) in [5.74, 6) is -0.204. The number of carbonyl (C=O) groups excluding carboxylic acids is 1. The predicted molar refractivity (Wildman–Crippen MR) is 55.8 cm³/mol. The van der Waals surface area contributed by atoms with Crippen LogP contribution in [0.15, 0.2) is 34.3 Å². The van der Waals surface area contributed by atoms with Gasteiger partial charge in [-0.3, -0.25) is 9.79 Å². The van der Waals surface area contributed by atoms with E-state index in [0.29, 0.717) is 5.69 Å². The van der Waals surface area contributed by atoms with Crippen LogP contribution in [0.3, 0.4) is 0 Å². The van der Waals surface area contributed by atoms with Crippen LogP contribution >= 0.6 is 0 Å². The zero-order valence-electron chi connectivity index (χ0n) is 7.47. The van der Waals surface area contributed by atoms with Gasteiger partial charge in [0, 0.05) is 11.3 Å². The smallest absolute Gasteiger partial charge is 0.267 e. The summed E-state index contributed by atoms with van der Waals surface area (Å²) in [6.07, 6.45) is 1.48. The normalized spacial score (nSPS) is 15.4. The number of hydrogen-bond donors (Lipinski definition) is 1. The largest absolute Gasteiger partial charge is 0.399 e. The zero-order chi connectivity index (χ0) is 9.97. The third kappa shape index (κ3) is 1.69. The number of hydrogen-bond acceptors (Lipinski definition) is 3. The van der Waals surface area contributed by atoms with Crippen LogP contribution in [0, 0.1) is 0 Å². The number of nitrogens with two attached hydrogens (primary N) is 1. The highest BCUT2D eigenvalue weighted by molar-refractivity contribution is 6.40. The first kappa shape index (κ1) is 8.62. The van der Waals surface area contributed by atoms with Crippen LogP contribution in [0.4, 0.5) is 5.69 Å². The Morgan fingerprint density at radius 2 is 1.93 bits per heavy atom. The standard InChI is InChI=1S/C10H9N3O/c11-8-3-1-7(2-4-8)9-5-13-10(14)6-12-9/h1-5H,6,11H2. The maximum absolute atomic E-state index is 10.8. The number of nitrogen functional groups attached to an aromatic ring is 1. The number of nitrogens with zero attached hydrogens (tertiary/aromatic N) is 2. The van der Waals surface area contributed by atoms with Crippen molar-refractivity contribution in [1.82, 2.24) is 0 Å². The van der Waals surface area contributed by atoms with Gasteiger partial charge in [-0.15, -0.1) is 0 Å². The summed E-state index contributed by atoms with van der Waals surface area (Å²) >= 11 is 0. The van der Waals surface area contributed by atoms with Crippen LogP contribution in [-0.4, -0.2) is 24.4 Å². The molecule has 0 unspecified atom stereocenters. The van der Waals surface area contributed by atoms with Crippen LogP contribution in [0.2, 0.25) is 0 Å². The van der Waals surface area contributed by atoms with E-state index in [1.165, 1.54) is 6.21 Å². The SMILES string of the molecule is Nc1ccc(C2=NCC(=O)N=C2)cc1. The molecule has 70 valence electrons. The lowest BCUT2D eigenvalue weighted by molar-refractivity contribution is -0.116. The Kier molecular flexibility index (Phi) is 2.10. The van der Waals surface area contributed by atoms with Crippen LogP contribution in [0.25, 0.3) is 0 Å². The van der Waals surface area contributed by atoms with E-state index in [2.05, 4.69) is 9.98 Å². The highest BCUT2D eigenvalue weighted by atomic mass is 16.1. The summed E-state index contributed by atoms with van der Waals surface area (Å²) in [7, 11) is 0. The summed E-state index contributed by atoms with van der Waals surface area (Å²) in [6.45, 7) is 0.135. The molecule has 0 fully saturated rings. The minimum atomic E-state index is -0.204. The van der Waals surface area contributed by atoms with E-state index in [1.54, 1.807) is 12.1 Å². The molecule has 0 radical (unpaired) electrons. The van der Waals surface area contributed by atoms with Gasteiger partial charge in [0.1, 0.15) is 6.54 Å². The number of rotatable bonds is 1. The van der Waals surface area contributed by atoms with Crippen LogP contribution in [0.1, 0.15) is 5.56 Å². The van der Waals surface area contributed by atoms with Crippen molar-refractivity contribution in [1.29, 1.82) is 0 Å². The lowest BCUT2D eigenvalue weighted by Crippen LogP contribution is -2.14. The second-order valence-electron chi connectivity index (χ2n) is 2.98. The van der Waals surface area contributed by atoms with E-state index in [1.807, 2.05) is 12.1 Å². The van der Waals surface area contributed by atoms with Crippen molar-refractivity contribution in [2.45, 2.75) is 0 Å². The second-order valence-corrected chi connectivity index (χ2v) is 2.98. The topological polar surface area (TPSA) is 67.8 Å². The molecule has 4 nitrogen and oxygen atoms in total. The Morgan fingerprint density at radius 1 is 1.21 bits per heavy atom. The van der Waals surface area contributed by atoms with Crippen molar-refractivity contribution in [2.75, 3.05) is 12.3 Å². The Morgan fingerprint density at radius 3 is 2.50 bits per heavy atom. The minimum Gasteiger partial charge on any atom is -0.399 e. The zero-order valence-corrected chi connectivity index (χ0v) is 7.47. The Balaban J connectivity index is 2.29. The Labute approximate surface area is 81.2 Å². The molecule has 0 saturated heterocycles. The van der Waals surface area contributed by atoms with Crippen molar-refractivity contribution in [3.8, 4) is 0 Å². The maximum atomic E-state index is 10.8. The van der Waals surface area contributed by atoms with Crippen molar-refractivity contribution < 1.29 is 4.79 Å². The number of amides is 1. The molecule has 0 aliphatic carbocycles. The predicted octanol–water partition coefficient (Wildman–Crippen LogP) is 0.669. The lowest BCUT2D eigenvalue weighted by atomic mass is 10.1. The molecule has 2 rings (SSSR count). The van der Waals surface area contributed by atoms with E-state index in [4.69, 9.17) is 5.73 Å².